The normalized spacial score (nSPS) is 11.5. The first-order valence-corrected chi connectivity index (χ1v) is 13.6. The van der Waals surface area contributed by atoms with Gasteiger partial charge in [-0.15, -0.1) is 0 Å². The minimum Gasteiger partial charge on any atom is -0.454 e. The highest BCUT2D eigenvalue weighted by atomic mass is 19.1. The summed E-state index contributed by atoms with van der Waals surface area (Å²) in [7, 11) is 4.44. The predicted octanol–water partition coefficient (Wildman–Crippen LogP) is 4.46. The lowest BCUT2D eigenvalue weighted by atomic mass is 9.94. The molecule has 0 saturated carbocycles. The number of aromatic amines is 1. The first-order valence-electron chi connectivity index (χ1n) is 13.6. The molecule has 0 aliphatic heterocycles. The fourth-order valence-electron chi connectivity index (χ4n) is 4.98. The quantitative estimate of drug-likeness (QED) is 0.155. The highest BCUT2D eigenvalue weighted by Crippen LogP contribution is 2.43. The zero-order valence-electron chi connectivity index (χ0n) is 24.6. The van der Waals surface area contributed by atoms with E-state index in [1.807, 2.05) is 26.8 Å². The van der Waals surface area contributed by atoms with E-state index in [1.54, 1.807) is 24.3 Å². The van der Waals surface area contributed by atoms with E-state index in [9.17, 15) is 23.6 Å². The van der Waals surface area contributed by atoms with E-state index in [4.69, 9.17) is 4.42 Å². The Bertz CT molecular complexity index is 1930. The van der Waals surface area contributed by atoms with Gasteiger partial charge in [-0.05, 0) is 75.8 Å². The summed E-state index contributed by atoms with van der Waals surface area (Å²) in [4.78, 5) is 56.8. The van der Waals surface area contributed by atoms with Crippen LogP contribution in [0.25, 0.3) is 44.3 Å². The Morgan fingerprint density at radius 3 is 2.30 bits per heavy atom. The molecule has 5 rings (SSSR count). The minimum absolute atomic E-state index is 0.0602. The summed E-state index contributed by atoms with van der Waals surface area (Å²) in [5.41, 5.74) is 2.51. The van der Waals surface area contributed by atoms with Crippen molar-refractivity contribution in [2.75, 3.05) is 14.1 Å². The van der Waals surface area contributed by atoms with Crippen LogP contribution in [0.4, 0.5) is 4.39 Å². The fourth-order valence-corrected chi connectivity index (χ4v) is 4.98. The van der Waals surface area contributed by atoms with Gasteiger partial charge in [0.1, 0.15) is 17.2 Å². The summed E-state index contributed by atoms with van der Waals surface area (Å²) in [5, 5.41) is 6.26. The highest BCUT2D eigenvalue weighted by Gasteiger charge is 2.29. The van der Waals surface area contributed by atoms with Crippen molar-refractivity contribution in [2.24, 2.45) is 0 Å². The number of nitrogens with one attached hydrogen (secondary N) is 3. The van der Waals surface area contributed by atoms with Crippen LogP contribution >= 0.6 is 0 Å². The van der Waals surface area contributed by atoms with Gasteiger partial charge >= 0.3 is 0 Å². The molecule has 0 bridgehead atoms. The Hall–Kier alpha value is -5.19. The second-order valence-corrected chi connectivity index (χ2v) is 11.5. The van der Waals surface area contributed by atoms with Crippen LogP contribution in [0.1, 0.15) is 51.8 Å². The number of benzene rings is 3. The number of rotatable bonds is 6. The molecule has 2 heterocycles. The molecule has 3 amide bonds. The van der Waals surface area contributed by atoms with Gasteiger partial charge in [-0.3, -0.25) is 19.2 Å². The van der Waals surface area contributed by atoms with E-state index < -0.39 is 29.0 Å². The van der Waals surface area contributed by atoms with Crippen molar-refractivity contribution in [3.05, 3.63) is 83.3 Å². The Labute approximate surface area is 247 Å². The van der Waals surface area contributed by atoms with Crippen LogP contribution in [0.3, 0.4) is 0 Å². The van der Waals surface area contributed by atoms with Gasteiger partial charge in [-0.1, -0.05) is 12.1 Å². The zero-order valence-corrected chi connectivity index (χ0v) is 24.6. The lowest BCUT2D eigenvalue weighted by Crippen LogP contribution is -2.40. The maximum Gasteiger partial charge on any atom is 0.282 e. The third kappa shape index (κ3) is 5.41. The molecular formula is C32H30BFN4O5. The van der Waals surface area contributed by atoms with Crippen LogP contribution in [0.5, 0.6) is 0 Å². The summed E-state index contributed by atoms with van der Waals surface area (Å²) >= 11 is 0. The number of halogens is 1. The van der Waals surface area contributed by atoms with Gasteiger partial charge in [0, 0.05) is 40.9 Å². The molecule has 0 aliphatic carbocycles. The highest BCUT2D eigenvalue weighted by molar-refractivity contribution is 6.49. The Morgan fingerprint density at radius 1 is 0.977 bits per heavy atom. The van der Waals surface area contributed by atoms with Gasteiger partial charge in [-0.25, -0.2) is 4.39 Å². The van der Waals surface area contributed by atoms with Crippen LogP contribution in [0, 0.1) is 5.82 Å². The average molecular weight is 580 g/mol. The molecule has 0 aliphatic rings. The number of nitrogens with zero attached hydrogens (tertiary/aromatic N) is 1. The molecule has 0 fully saturated rings. The smallest absolute Gasteiger partial charge is 0.282 e. The number of H-pyrrole nitrogens is 1. The maximum atomic E-state index is 13.8. The third-order valence-electron chi connectivity index (χ3n) is 6.94. The van der Waals surface area contributed by atoms with Crippen molar-refractivity contribution >= 4 is 53.4 Å². The molecule has 3 aromatic carbocycles. The molecule has 0 saturated heterocycles. The average Bonchev–Trinajstić information content (AvgIpc) is 3.57. The Kier molecular flexibility index (Phi) is 7.43. The Balaban J connectivity index is 1.86. The number of fused-ring (bicyclic) bond motifs is 3. The number of hydrogen-bond donors (Lipinski definition) is 3. The van der Waals surface area contributed by atoms with Crippen LogP contribution in [-0.4, -0.2) is 60.9 Å². The number of furan rings is 1. The van der Waals surface area contributed by atoms with Crippen LogP contribution in [0.2, 0.25) is 0 Å². The van der Waals surface area contributed by atoms with Crippen molar-refractivity contribution in [1.29, 1.82) is 0 Å². The largest absolute Gasteiger partial charge is 0.454 e. The van der Waals surface area contributed by atoms with Crippen molar-refractivity contribution < 1.29 is 28.0 Å². The minimum atomic E-state index is -0.769. The predicted molar refractivity (Wildman–Crippen MR) is 165 cm³/mol. The number of likely N-dealkylation sites (N-methyl/N-ethyl adjacent to an activating group) is 1. The van der Waals surface area contributed by atoms with Crippen molar-refractivity contribution in [2.45, 2.75) is 26.3 Å². The second kappa shape index (κ2) is 10.9. The molecule has 0 atom stereocenters. The third-order valence-corrected chi connectivity index (χ3v) is 6.94. The molecule has 9 nitrogen and oxygen atoms in total. The zero-order chi connectivity index (χ0) is 31.2. The molecule has 11 heteroatoms. The number of Topliss-reactive ketones (excluding diaryl/α,β-unsaturated/α-hetero) is 1. The lowest BCUT2D eigenvalue weighted by Gasteiger charge is -2.20. The van der Waals surface area contributed by atoms with Crippen molar-refractivity contribution in [3.63, 3.8) is 0 Å². The first kappa shape index (κ1) is 29.3. The van der Waals surface area contributed by atoms with Crippen LogP contribution in [0.15, 0.2) is 65.2 Å². The monoisotopic (exact) mass is 580 g/mol. The van der Waals surface area contributed by atoms with Gasteiger partial charge in [0.25, 0.3) is 23.5 Å². The van der Waals surface area contributed by atoms with Crippen molar-refractivity contribution in [3.8, 4) is 22.5 Å². The summed E-state index contributed by atoms with van der Waals surface area (Å²) in [6.07, 6.45) is 1.44. The molecule has 43 heavy (non-hydrogen) atoms. The van der Waals surface area contributed by atoms with Gasteiger partial charge in [-0.2, -0.15) is 0 Å². The van der Waals surface area contributed by atoms with E-state index in [2.05, 4.69) is 15.6 Å². The first-order chi connectivity index (χ1) is 20.3. The number of amides is 3. The Morgan fingerprint density at radius 2 is 1.67 bits per heavy atom. The standard InChI is InChI=1S/C32H30BFN4O5/c1-32(2,3)37-29(40)18-8-6-7-17(13-18)20-14-21-24(30(41)35-4)27(16-9-11-19(34)12-10-16)43-28(21)23-22(15-36-25(20)23)26(39)31(42)38(5)33/h6-15,36H,33H2,1-5H3,(H,35,41)(H,37,40). The van der Waals surface area contributed by atoms with Gasteiger partial charge < -0.3 is 24.8 Å². The molecule has 218 valence electrons. The number of hydrogen-bond acceptors (Lipinski definition) is 5. The molecule has 3 N–H and O–H groups in total. The second-order valence-electron chi connectivity index (χ2n) is 11.5. The maximum absolute atomic E-state index is 13.8. The van der Waals surface area contributed by atoms with E-state index in [-0.39, 0.29) is 28.4 Å². The summed E-state index contributed by atoms with van der Waals surface area (Å²) in [5.74, 6) is -2.52. The van der Waals surface area contributed by atoms with Crippen molar-refractivity contribution in [1.82, 2.24) is 20.4 Å². The van der Waals surface area contributed by atoms with E-state index >= 15 is 0 Å². The summed E-state index contributed by atoms with van der Waals surface area (Å²) < 4.78 is 20.1. The van der Waals surface area contributed by atoms with Crippen LogP contribution in [-0.2, 0) is 4.79 Å². The topological polar surface area (TPSA) is 125 Å². The van der Waals surface area contributed by atoms with E-state index in [0.717, 1.165) is 0 Å². The van der Waals surface area contributed by atoms with Gasteiger partial charge in [0.2, 0.25) is 7.98 Å². The number of aromatic nitrogens is 1. The fraction of sp³-hybridized carbons (Fsp3) is 0.188. The molecule has 2 aromatic heterocycles. The number of ketones is 1. The van der Waals surface area contributed by atoms with E-state index in [1.165, 1.54) is 57.3 Å². The summed E-state index contributed by atoms with van der Waals surface area (Å²) in [6, 6.07) is 14.2. The summed E-state index contributed by atoms with van der Waals surface area (Å²) in [6.45, 7) is 5.66. The molecule has 0 unspecified atom stereocenters. The molecule has 5 aromatic rings. The number of carbonyl (C=O) groups is 4. The number of carbonyl (C=O) groups excluding carboxylic acids is 4. The lowest BCUT2D eigenvalue weighted by molar-refractivity contribution is -0.121. The molecule has 0 radical (unpaired) electrons. The van der Waals surface area contributed by atoms with Gasteiger partial charge in [0.05, 0.1) is 22.0 Å². The SMILES string of the molecule is BN(C)C(=O)C(=O)c1c[nH]c2c(-c3cccc(C(=O)NC(C)(C)C)c3)cc3c(C(=O)NC)c(-c4ccc(F)cc4)oc3c12. The van der Waals surface area contributed by atoms with E-state index in [0.29, 0.717) is 38.5 Å². The molecular weight excluding hydrogens is 550 g/mol. The molecule has 0 spiro atoms. The van der Waals surface area contributed by atoms with Gasteiger partial charge in [0.15, 0.2) is 0 Å². The van der Waals surface area contributed by atoms with Crippen LogP contribution < -0.4 is 10.6 Å².